The molecular formula is C15H25NO3. The Kier molecular flexibility index (Phi) is 5.83. The highest BCUT2D eigenvalue weighted by atomic mass is 16.6. The third kappa shape index (κ3) is 5.31. The van der Waals surface area contributed by atoms with Gasteiger partial charge in [0.1, 0.15) is 0 Å². The Labute approximate surface area is 115 Å². The topological polar surface area (TPSA) is 49.9 Å². The molecule has 2 aliphatic rings. The molecule has 108 valence electrons. The Balaban J connectivity index is 1.37. The maximum Gasteiger partial charge on any atom is 0.229 e. The second-order valence-electron chi connectivity index (χ2n) is 5.66. The molecule has 2 saturated heterocycles. The first-order valence-corrected chi connectivity index (χ1v) is 7.72. The Morgan fingerprint density at radius 3 is 2.00 bits per heavy atom. The number of likely N-dealkylation sites (tertiary alicyclic amines) is 1. The Morgan fingerprint density at radius 1 is 0.895 bits per heavy atom. The van der Waals surface area contributed by atoms with Crippen molar-refractivity contribution in [3.63, 3.8) is 0 Å². The summed E-state index contributed by atoms with van der Waals surface area (Å²) in [6, 6.07) is 0. The van der Waals surface area contributed by atoms with Crippen molar-refractivity contribution >= 4 is 11.8 Å². The van der Waals surface area contributed by atoms with Crippen LogP contribution in [0.25, 0.3) is 0 Å². The SMILES string of the molecule is O=C1CCC(=O)N1CCCCCCCCCC1CO1. The van der Waals surface area contributed by atoms with Crippen LogP contribution in [0.2, 0.25) is 0 Å². The lowest BCUT2D eigenvalue weighted by atomic mass is 10.1. The van der Waals surface area contributed by atoms with Gasteiger partial charge in [-0.1, -0.05) is 38.5 Å². The van der Waals surface area contributed by atoms with E-state index in [4.69, 9.17) is 4.74 Å². The van der Waals surface area contributed by atoms with E-state index in [1.165, 1.54) is 43.4 Å². The van der Waals surface area contributed by atoms with Gasteiger partial charge in [0.25, 0.3) is 0 Å². The van der Waals surface area contributed by atoms with E-state index >= 15 is 0 Å². The van der Waals surface area contributed by atoms with Crippen molar-refractivity contribution in [1.82, 2.24) is 4.90 Å². The Hall–Kier alpha value is -0.900. The van der Waals surface area contributed by atoms with Crippen molar-refractivity contribution in [2.24, 2.45) is 0 Å². The standard InChI is InChI=1S/C15H25NO3/c17-14-9-10-15(18)16(14)11-7-5-3-1-2-4-6-8-13-12-19-13/h13H,1-12H2. The van der Waals surface area contributed by atoms with E-state index in [0.717, 1.165) is 19.4 Å². The molecule has 2 heterocycles. The molecule has 0 spiro atoms. The van der Waals surface area contributed by atoms with Crippen LogP contribution in [0.5, 0.6) is 0 Å². The van der Waals surface area contributed by atoms with Gasteiger partial charge in [-0.25, -0.2) is 0 Å². The number of amides is 2. The summed E-state index contributed by atoms with van der Waals surface area (Å²) in [7, 11) is 0. The average Bonchev–Trinajstić information content (AvgIpc) is 3.17. The summed E-state index contributed by atoms with van der Waals surface area (Å²) in [4.78, 5) is 24.2. The number of rotatable bonds is 10. The third-order valence-electron chi connectivity index (χ3n) is 3.97. The summed E-state index contributed by atoms with van der Waals surface area (Å²) in [5, 5.41) is 0. The summed E-state index contributed by atoms with van der Waals surface area (Å²) in [5.41, 5.74) is 0. The molecule has 2 aliphatic heterocycles. The van der Waals surface area contributed by atoms with E-state index in [0.29, 0.717) is 25.5 Å². The molecule has 4 heteroatoms. The number of carbonyl (C=O) groups excluding carboxylic acids is 2. The molecule has 0 aromatic heterocycles. The normalized spacial score (nSPS) is 22.3. The molecule has 2 fully saturated rings. The summed E-state index contributed by atoms with van der Waals surface area (Å²) in [6.07, 6.45) is 11.1. The molecule has 0 saturated carbocycles. The molecule has 0 aliphatic carbocycles. The lowest BCUT2D eigenvalue weighted by Crippen LogP contribution is -2.29. The van der Waals surface area contributed by atoms with Crippen LogP contribution in [0, 0.1) is 0 Å². The maximum atomic E-state index is 11.4. The summed E-state index contributed by atoms with van der Waals surface area (Å²) in [5.74, 6) is 0.0413. The minimum atomic E-state index is 0.0206. The lowest BCUT2D eigenvalue weighted by molar-refractivity contribution is -0.138. The van der Waals surface area contributed by atoms with E-state index in [-0.39, 0.29) is 11.8 Å². The molecule has 0 bridgehead atoms. The largest absolute Gasteiger partial charge is 0.373 e. The highest BCUT2D eigenvalue weighted by Gasteiger charge is 2.27. The summed E-state index contributed by atoms with van der Waals surface area (Å²) >= 11 is 0. The number of nitrogens with zero attached hydrogens (tertiary/aromatic N) is 1. The summed E-state index contributed by atoms with van der Waals surface area (Å²) < 4.78 is 5.17. The van der Waals surface area contributed by atoms with Crippen LogP contribution in [0.1, 0.15) is 64.2 Å². The zero-order valence-electron chi connectivity index (χ0n) is 11.7. The molecule has 2 amide bonds. The van der Waals surface area contributed by atoms with Gasteiger partial charge in [0, 0.05) is 19.4 Å². The van der Waals surface area contributed by atoms with Crippen LogP contribution < -0.4 is 0 Å². The Morgan fingerprint density at radius 2 is 1.42 bits per heavy atom. The number of ether oxygens (including phenoxy) is 1. The highest BCUT2D eigenvalue weighted by molar-refractivity contribution is 6.01. The number of hydrogen-bond donors (Lipinski definition) is 0. The predicted octanol–water partition coefficient (Wildman–Crippen LogP) is 2.66. The van der Waals surface area contributed by atoms with Crippen LogP contribution in [0.4, 0.5) is 0 Å². The van der Waals surface area contributed by atoms with Gasteiger partial charge in [0.2, 0.25) is 11.8 Å². The second kappa shape index (κ2) is 7.63. The fourth-order valence-corrected chi connectivity index (χ4v) is 2.63. The van der Waals surface area contributed by atoms with Crippen molar-refractivity contribution < 1.29 is 14.3 Å². The fraction of sp³-hybridized carbons (Fsp3) is 0.867. The van der Waals surface area contributed by atoms with Gasteiger partial charge in [-0.2, -0.15) is 0 Å². The van der Waals surface area contributed by atoms with Crippen molar-refractivity contribution in [3.8, 4) is 0 Å². The lowest BCUT2D eigenvalue weighted by Gasteiger charge is -2.12. The predicted molar refractivity (Wildman–Crippen MR) is 72.6 cm³/mol. The summed E-state index contributed by atoms with van der Waals surface area (Å²) in [6.45, 7) is 1.62. The third-order valence-corrected chi connectivity index (χ3v) is 3.97. The molecule has 19 heavy (non-hydrogen) atoms. The van der Waals surface area contributed by atoms with Gasteiger partial charge in [-0.3, -0.25) is 14.5 Å². The molecule has 4 nitrogen and oxygen atoms in total. The van der Waals surface area contributed by atoms with Gasteiger partial charge in [-0.05, 0) is 12.8 Å². The first-order valence-electron chi connectivity index (χ1n) is 7.72. The van der Waals surface area contributed by atoms with E-state index < -0.39 is 0 Å². The van der Waals surface area contributed by atoms with E-state index in [9.17, 15) is 9.59 Å². The molecule has 0 radical (unpaired) electrons. The van der Waals surface area contributed by atoms with Crippen LogP contribution >= 0.6 is 0 Å². The fourth-order valence-electron chi connectivity index (χ4n) is 2.63. The Bertz CT molecular complexity index is 297. The molecule has 1 unspecified atom stereocenters. The van der Waals surface area contributed by atoms with Gasteiger partial charge in [0.15, 0.2) is 0 Å². The molecule has 2 rings (SSSR count). The smallest absolute Gasteiger partial charge is 0.229 e. The average molecular weight is 267 g/mol. The first-order chi connectivity index (χ1) is 9.27. The number of carbonyl (C=O) groups is 2. The van der Waals surface area contributed by atoms with Crippen molar-refractivity contribution in [3.05, 3.63) is 0 Å². The zero-order valence-corrected chi connectivity index (χ0v) is 11.7. The van der Waals surface area contributed by atoms with Gasteiger partial charge in [0.05, 0.1) is 12.7 Å². The maximum absolute atomic E-state index is 11.4. The number of unbranched alkanes of at least 4 members (excludes halogenated alkanes) is 6. The van der Waals surface area contributed by atoms with Crippen molar-refractivity contribution in [2.75, 3.05) is 13.2 Å². The zero-order chi connectivity index (χ0) is 13.5. The van der Waals surface area contributed by atoms with Gasteiger partial charge in [-0.15, -0.1) is 0 Å². The molecule has 0 aromatic rings. The van der Waals surface area contributed by atoms with Crippen LogP contribution in [-0.2, 0) is 14.3 Å². The molecule has 1 atom stereocenters. The molecule has 0 aromatic carbocycles. The quantitative estimate of drug-likeness (QED) is 0.347. The van der Waals surface area contributed by atoms with E-state index in [1.807, 2.05) is 0 Å². The minimum Gasteiger partial charge on any atom is -0.373 e. The van der Waals surface area contributed by atoms with E-state index in [2.05, 4.69) is 0 Å². The van der Waals surface area contributed by atoms with Crippen molar-refractivity contribution in [1.29, 1.82) is 0 Å². The van der Waals surface area contributed by atoms with E-state index in [1.54, 1.807) is 0 Å². The second-order valence-corrected chi connectivity index (χ2v) is 5.66. The van der Waals surface area contributed by atoms with Crippen LogP contribution in [0.3, 0.4) is 0 Å². The monoisotopic (exact) mass is 267 g/mol. The first kappa shape index (κ1) is 14.5. The van der Waals surface area contributed by atoms with Gasteiger partial charge < -0.3 is 4.74 Å². The van der Waals surface area contributed by atoms with Crippen LogP contribution in [0.15, 0.2) is 0 Å². The van der Waals surface area contributed by atoms with Gasteiger partial charge >= 0.3 is 0 Å². The molecule has 0 N–H and O–H groups in total. The number of imide groups is 1. The minimum absolute atomic E-state index is 0.0206. The van der Waals surface area contributed by atoms with Crippen LogP contribution in [-0.4, -0.2) is 36.0 Å². The number of epoxide rings is 1. The highest BCUT2D eigenvalue weighted by Crippen LogP contribution is 2.18. The van der Waals surface area contributed by atoms with Crippen molar-refractivity contribution in [2.45, 2.75) is 70.3 Å². The number of hydrogen-bond acceptors (Lipinski definition) is 3. The molecular weight excluding hydrogens is 242 g/mol.